The van der Waals surface area contributed by atoms with Crippen molar-refractivity contribution in [3.63, 3.8) is 0 Å². The molecule has 30 heavy (non-hydrogen) atoms. The van der Waals surface area contributed by atoms with Crippen LogP contribution in [0.1, 0.15) is 24.1 Å². The summed E-state index contributed by atoms with van der Waals surface area (Å²) in [6.07, 6.45) is 0. The zero-order chi connectivity index (χ0) is 21.1. The molecule has 4 rings (SSSR count). The van der Waals surface area contributed by atoms with Gasteiger partial charge in [-0.3, -0.25) is 0 Å². The fraction of sp³-hybridized carbons (Fsp3) is 0.238. The van der Waals surface area contributed by atoms with Gasteiger partial charge in [-0.1, -0.05) is 35.4 Å². The summed E-state index contributed by atoms with van der Waals surface area (Å²) in [6, 6.07) is 14.2. The van der Waals surface area contributed by atoms with Crippen molar-refractivity contribution in [1.29, 1.82) is 0 Å². The number of aromatic nitrogens is 4. The molecule has 0 amide bonds. The van der Waals surface area contributed by atoms with E-state index in [1.807, 2.05) is 30.3 Å². The predicted octanol–water partition coefficient (Wildman–Crippen LogP) is 2.72. The van der Waals surface area contributed by atoms with E-state index in [1.54, 1.807) is 39.3 Å². The van der Waals surface area contributed by atoms with Crippen molar-refractivity contribution in [2.45, 2.75) is 19.6 Å². The van der Waals surface area contributed by atoms with E-state index in [0.29, 0.717) is 34.3 Å². The number of rotatable bonds is 6. The molecule has 9 nitrogen and oxygen atoms in total. The largest absolute Gasteiger partial charge is 0.497 e. The zero-order valence-electron chi connectivity index (χ0n) is 16.8. The van der Waals surface area contributed by atoms with Crippen molar-refractivity contribution < 1.29 is 19.0 Å². The molecule has 0 saturated heterocycles. The summed E-state index contributed by atoms with van der Waals surface area (Å²) in [5, 5.41) is 14.9. The Balaban J connectivity index is 1.75. The molecule has 0 spiro atoms. The molecule has 0 aliphatic carbocycles. The van der Waals surface area contributed by atoms with Crippen molar-refractivity contribution >= 4 is 11.9 Å². The summed E-state index contributed by atoms with van der Waals surface area (Å²) < 4.78 is 18.1. The Morgan fingerprint density at radius 1 is 1.13 bits per heavy atom. The maximum atomic E-state index is 13.2. The zero-order valence-corrected chi connectivity index (χ0v) is 16.8. The van der Waals surface area contributed by atoms with Crippen LogP contribution in [0.3, 0.4) is 0 Å². The molecule has 1 aromatic heterocycles. The fourth-order valence-electron chi connectivity index (χ4n) is 3.42. The van der Waals surface area contributed by atoms with Crippen LogP contribution in [0, 0.1) is 0 Å². The lowest BCUT2D eigenvalue weighted by atomic mass is 9.94. The molecule has 1 N–H and O–H groups in total. The molecule has 2 heterocycles. The highest BCUT2D eigenvalue weighted by molar-refractivity contribution is 5.92. The lowest BCUT2D eigenvalue weighted by Crippen LogP contribution is -2.30. The number of carbonyl (C=O) groups excluding carboxylic acids is 1. The van der Waals surface area contributed by atoms with Crippen molar-refractivity contribution in [2.75, 3.05) is 19.5 Å². The van der Waals surface area contributed by atoms with Gasteiger partial charge < -0.3 is 19.5 Å². The highest BCUT2D eigenvalue weighted by Crippen LogP contribution is 2.40. The first-order chi connectivity index (χ1) is 14.6. The van der Waals surface area contributed by atoms with Crippen molar-refractivity contribution in [3.05, 3.63) is 70.9 Å². The van der Waals surface area contributed by atoms with Crippen LogP contribution >= 0.6 is 0 Å². The third-order valence-corrected chi connectivity index (χ3v) is 4.88. The molecule has 1 atom stereocenters. The SMILES string of the molecule is COc1ccc(OC)c([C@@H]2C(C(=O)OCc3ccccc3)=C(C)Nc3nnnn32)c1. The molecule has 0 unspecified atom stereocenters. The molecule has 2 aromatic carbocycles. The minimum absolute atomic E-state index is 0.154. The monoisotopic (exact) mass is 407 g/mol. The summed E-state index contributed by atoms with van der Waals surface area (Å²) in [6.45, 7) is 1.94. The van der Waals surface area contributed by atoms with Crippen LogP contribution in [-0.4, -0.2) is 40.4 Å². The number of allylic oxidation sites excluding steroid dienone is 1. The molecule has 154 valence electrons. The second-order valence-corrected chi connectivity index (χ2v) is 6.68. The number of nitrogens with zero attached hydrogens (tertiary/aromatic N) is 4. The minimum atomic E-state index is -0.649. The van der Waals surface area contributed by atoms with Gasteiger partial charge in [-0.05, 0) is 41.1 Å². The maximum absolute atomic E-state index is 13.2. The smallest absolute Gasteiger partial charge is 0.338 e. The summed E-state index contributed by atoms with van der Waals surface area (Å²) in [5.74, 6) is 1.14. The second kappa shape index (κ2) is 8.24. The number of hydrogen-bond acceptors (Lipinski definition) is 8. The molecule has 1 aliphatic rings. The maximum Gasteiger partial charge on any atom is 0.338 e. The Bertz CT molecular complexity index is 1090. The Morgan fingerprint density at radius 2 is 1.93 bits per heavy atom. The minimum Gasteiger partial charge on any atom is -0.497 e. The number of carbonyl (C=O) groups is 1. The third kappa shape index (κ3) is 3.57. The Morgan fingerprint density at radius 3 is 2.67 bits per heavy atom. The van der Waals surface area contributed by atoms with Gasteiger partial charge in [0.2, 0.25) is 5.95 Å². The van der Waals surface area contributed by atoms with E-state index in [2.05, 4.69) is 20.8 Å². The molecule has 0 fully saturated rings. The Labute approximate surface area is 173 Å². The van der Waals surface area contributed by atoms with Crippen LogP contribution < -0.4 is 14.8 Å². The Kier molecular flexibility index (Phi) is 5.34. The quantitative estimate of drug-likeness (QED) is 0.623. The first kappa shape index (κ1) is 19.4. The van der Waals surface area contributed by atoms with E-state index in [-0.39, 0.29) is 6.61 Å². The Hall–Kier alpha value is -3.88. The molecule has 0 radical (unpaired) electrons. The highest BCUT2D eigenvalue weighted by Gasteiger charge is 2.36. The molecule has 1 aliphatic heterocycles. The van der Waals surface area contributed by atoms with Crippen molar-refractivity contribution in [1.82, 2.24) is 20.2 Å². The van der Waals surface area contributed by atoms with E-state index in [0.717, 1.165) is 5.56 Å². The molecular weight excluding hydrogens is 386 g/mol. The summed E-state index contributed by atoms with van der Waals surface area (Å²) in [4.78, 5) is 13.2. The van der Waals surface area contributed by atoms with Gasteiger partial charge in [0.05, 0.1) is 19.8 Å². The van der Waals surface area contributed by atoms with E-state index in [1.165, 1.54) is 4.68 Å². The van der Waals surface area contributed by atoms with Crippen LogP contribution in [0.5, 0.6) is 11.5 Å². The number of fused-ring (bicyclic) bond motifs is 1. The number of esters is 1. The van der Waals surface area contributed by atoms with E-state index in [4.69, 9.17) is 14.2 Å². The number of anilines is 1. The predicted molar refractivity (Wildman–Crippen MR) is 108 cm³/mol. The average molecular weight is 407 g/mol. The first-order valence-corrected chi connectivity index (χ1v) is 9.31. The second-order valence-electron chi connectivity index (χ2n) is 6.68. The van der Waals surface area contributed by atoms with Gasteiger partial charge in [0.25, 0.3) is 0 Å². The van der Waals surface area contributed by atoms with Crippen LogP contribution in [0.15, 0.2) is 59.8 Å². The van der Waals surface area contributed by atoms with Crippen LogP contribution in [0.25, 0.3) is 0 Å². The van der Waals surface area contributed by atoms with Crippen molar-refractivity contribution in [3.8, 4) is 11.5 Å². The molecule has 0 saturated carbocycles. The summed E-state index contributed by atoms with van der Waals surface area (Å²) >= 11 is 0. The molecule has 9 heteroatoms. The fourth-order valence-corrected chi connectivity index (χ4v) is 3.42. The van der Waals surface area contributed by atoms with E-state index in [9.17, 15) is 4.79 Å². The standard InChI is InChI=1S/C21H21N5O4/c1-13-18(20(27)30-12-14-7-5-4-6-8-14)19(26-21(22-13)23-24-25-26)16-11-15(28-2)9-10-17(16)29-3/h4-11,19H,12H2,1-3H3,(H,22,23,25)/t19-/m1/s1. The van der Waals surface area contributed by atoms with Crippen LogP contribution in [-0.2, 0) is 16.1 Å². The number of nitrogens with one attached hydrogen (secondary N) is 1. The highest BCUT2D eigenvalue weighted by atomic mass is 16.5. The number of tetrazole rings is 1. The lowest BCUT2D eigenvalue weighted by molar-refractivity contribution is -0.140. The summed E-state index contributed by atoms with van der Waals surface area (Å²) in [7, 11) is 3.14. The average Bonchev–Trinajstić information content (AvgIpc) is 3.24. The van der Waals surface area contributed by atoms with Gasteiger partial charge in [-0.15, -0.1) is 0 Å². The van der Waals surface area contributed by atoms with Gasteiger partial charge in [0.1, 0.15) is 24.1 Å². The summed E-state index contributed by atoms with van der Waals surface area (Å²) in [5.41, 5.74) is 2.56. The normalized spacial score (nSPS) is 15.2. The van der Waals surface area contributed by atoms with Gasteiger partial charge >= 0.3 is 5.97 Å². The molecular formula is C21H21N5O4. The van der Waals surface area contributed by atoms with Gasteiger partial charge in [-0.2, -0.15) is 4.68 Å². The van der Waals surface area contributed by atoms with Gasteiger partial charge in [0, 0.05) is 11.3 Å². The third-order valence-electron chi connectivity index (χ3n) is 4.88. The number of ether oxygens (including phenoxy) is 3. The van der Waals surface area contributed by atoms with Crippen molar-refractivity contribution in [2.24, 2.45) is 0 Å². The van der Waals surface area contributed by atoms with Crippen LogP contribution in [0.2, 0.25) is 0 Å². The van der Waals surface area contributed by atoms with Crippen LogP contribution in [0.4, 0.5) is 5.95 Å². The van der Waals surface area contributed by atoms with Gasteiger partial charge in [-0.25, -0.2) is 4.79 Å². The number of hydrogen-bond donors (Lipinski definition) is 1. The first-order valence-electron chi connectivity index (χ1n) is 9.31. The van der Waals surface area contributed by atoms with E-state index >= 15 is 0 Å². The topological polar surface area (TPSA) is 100 Å². The lowest BCUT2D eigenvalue weighted by Gasteiger charge is -2.28. The number of methoxy groups -OCH3 is 2. The molecule has 3 aromatic rings. The van der Waals surface area contributed by atoms with E-state index < -0.39 is 12.0 Å². The number of benzene rings is 2. The van der Waals surface area contributed by atoms with Gasteiger partial charge in [0.15, 0.2) is 0 Å². The molecule has 0 bridgehead atoms.